The predicted molar refractivity (Wildman–Crippen MR) is 64.9 cm³/mol. The molecule has 1 N–H and O–H groups in total. The van der Waals surface area contributed by atoms with Gasteiger partial charge in [0.05, 0.1) is 5.69 Å². The van der Waals surface area contributed by atoms with Crippen molar-refractivity contribution in [3.05, 3.63) is 23.8 Å². The van der Waals surface area contributed by atoms with Crippen LogP contribution in [-0.4, -0.2) is 39.0 Å². The lowest BCUT2D eigenvalue weighted by Crippen LogP contribution is -2.25. The molecular weight excluding hydrogens is 218 g/mol. The van der Waals surface area contributed by atoms with Crippen molar-refractivity contribution in [3.63, 3.8) is 0 Å². The van der Waals surface area contributed by atoms with Crippen LogP contribution in [0.15, 0.2) is 12.5 Å². The van der Waals surface area contributed by atoms with Gasteiger partial charge < -0.3 is 5.11 Å². The van der Waals surface area contributed by atoms with Crippen LogP contribution in [-0.2, 0) is 6.54 Å². The zero-order valence-corrected chi connectivity index (χ0v) is 10.4. The average Bonchev–Trinajstić information content (AvgIpc) is 2.34. The summed E-state index contributed by atoms with van der Waals surface area (Å²) >= 11 is 0. The van der Waals surface area contributed by atoms with Crippen LogP contribution in [0.25, 0.3) is 0 Å². The summed E-state index contributed by atoms with van der Waals surface area (Å²) in [5.74, 6) is -0.966. The highest BCUT2D eigenvalue weighted by Gasteiger charge is 2.13. The van der Waals surface area contributed by atoms with Crippen LogP contribution in [0.4, 0.5) is 0 Å². The molecule has 1 rings (SSSR count). The maximum absolute atomic E-state index is 11.0. The largest absolute Gasteiger partial charge is 0.478 e. The van der Waals surface area contributed by atoms with Gasteiger partial charge in [0.1, 0.15) is 11.9 Å². The molecule has 0 aliphatic heterocycles. The van der Waals surface area contributed by atoms with Crippen LogP contribution in [0.1, 0.15) is 42.7 Å². The van der Waals surface area contributed by atoms with Crippen LogP contribution in [0, 0.1) is 0 Å². The van der Waals surface area contributed by atoms with E-state index in [1.807, 2.05) is 0 Å². The molecule has 5 heteroatoms. The molecule has 0 unspecified atom stereocenters. The fourth-order valence-corrected chi connectivity index (χ4v) is 1.60. The number of carboxylic acids is 1. The molecule has 0 aromatic carbocycles. The first-order valence-corrected chi connectivity index (χ1v) is 5.93. The first-order valence-electron chi connectivity index (χ1n) is 5.93. The fraction of sp³-hybridized carbons (Fsp3) is 0.583. The number of nitrogens with zero attached hydrogens (tertiary/aromatic N) is 3. The molecule has 0 bridgehead atoms. The number of aromatic carboxylic acids is 1. The van der Waals surface area contributed by atoms with Gasteiger partial charge in [-0.15, -0.1) is 0 Å². The number of hydrogen-bond acceptors (Lipinski definition) is 4. The van der Waals surface area contributed by atoms with Crippen molar-refractivity contribution in [1.82, 2.24) is 14.9 Å². The third-order valence-electron chi connectivity index (χ3n) is 2.67. The molecule has 94 valence electrons. The molecule has 5 nitrogen and oxygen atoms in total. The highest BCUT2D eigenvalue weighted by molar-refractivity contribution is 5.88. The van der Waals surface area contributed by atoms with E-state index in [9.17, 15) is 4.79 Å². The Balaban J connectivity index is 2.75. The van der Waals surface area contributed by atoms with Crippen LogP contribution in [0.5, 0.6) is 0 Å². The monoisotopic (exact) mass is 237 g/mol. The molecule has 0 saturated carbocycles. The van der Waals surface area contributed by atoms with Gasteiger partial charge in [0, 0.05) is 12.7 Å². The van der Waals surface area contributed by atoms with E-state index in [-0.39, 0.29) is 5.56 Å². The first-order chi connectivity index (χ1) is 8.19. The lowest BCUT2D eigenvalue weighted by molar-refractivity contribution is 0.0693. The zero-order valence-electron chi connectivity index (χ0n) is 10.4. The Morgan fingerprint density at radius 2 is 2.24 bits per heavy atom. The second-order valence-electron chi connectivity index (χ2n) is 3.91. The van der Waals surface area contributed by atoms with Gasteiger partial charge in [0.25, 0.3) is 0 Å². The van der Waals surface area contributed by atoms with E-state index in [1.54, 1.807) is 0 Å². The predicted octanol–water partition coefficient (Wildman–Crippen LogP) is 1.80. The molecule has 0 radical (unpaired) electrons. The lowest BCUT2D eigenvalue weighted by atomic mass is 10.2. The summed E-state index contributed by atoms with van der Waals surface area (Å²) in [7, 11) is 0. The van der Waals surface area contributed by atoms with Crippen LogP contribution in [0.2, 0.25) is 0 Å². The van der Waals surface area contributed by atoms with E-state index in [2.05, 4.69) is 28.7 Å². The molecule has 0 aliphatic carbocycles. The number of carbonyl (C=O) groups is 1. The van der Waals surface area contributed by atoms with E-state index >= 15 is 0 Å². The zero-order chi connectivity index (χ0) is 12.7. The molecule has 1 aromatic heterocycles. The summed E-state index contributed by atoms with van der Waals surface area (Å²) in [6.07, 6.45) is 5.00. The Morgan fingerprint density at radius 3 is 2.82 bits per heavy atom. The van der Waals surface area contributed by atoms with E-state index in [4.69, 9.17) is 5.11 Å². The average molecular weight is 237 g/mol. The summed E-state index contributed by atoms with van der Waals surface area (Å²) in [5, 5.41) is 9.03. The van der Waals surface area contributed by atoms with Crippen molar-refractivity contribution in [2.75, 3.05) is 13.1 Å². The molecule has 0 aliphatic rings. The Hall–Kier alpha value is -1.49. The smallest absolute Gasteiger partial charge is 0.339 e. The molecule has 0 atom stereocenters. The highest BCUT2D eigenvalue weighted by atomic mass is 16.4. The van der Waals surface area contributed by atoms with Crippen molar-refractivity contribution in [2.24, 2.45) is 0 Å². The molecular formula is C12H19N3O2. The van der Waals surface area contributed by atoms with Gasteiger partial charge in [-0.3, -0.25) is 4.90 Å². The maximum atomic E-state index is 11.0. The fourth-order valence-electron chi connectivity index (χ4n) is 1.60. The van der Waals surface area contributed by atoms with Gasteiger partial charge in [-0.25, -0.2) is 14.8 Å². The van der Waals surface area contributed by atoms with Gasteiger partial charge in [-0.05, 0) is 19.5 Å². The van der Waals surface area contributed by atoms with Crippen LogP contribution in [0.3, 0.4) is 0 Å². The van der Waals surface area contributed by atoms with Gasteiger partial charge in [-0.1, -0.05) is 20.3 Å². The quantitative estimate of drug-likeness (QED) is 0.783. The lowest BCUT2D eigenvalue weighted by Gasteiger charge is -2.20. The molecule has 0 fully saturated rings. The Labute approximate surface area is 102 Å². The SMILES string of the molecule is CCCCN(CC)Cc1ncncc1C(=O)O. The second kappa shape index (κ2) is 6.96. The highest BCUT2D eigenvalue weighted by Crippen LogP contribution is 2.08. The molecule has 1 aromatic rings. The number of carboxylic acid groups (broad SMARTS) is 1. The van der Waals surface area contributed by atoms with E-state index in [0.29, 0.717) is 12.2 Å². The van der Waals surface area contributed by atoms with E-state index in [1.165, 1.54) is 12.5 Å². The molecule has 1 heterocycles. The second-order valence-corrected chi connectivity index (χ2v) is 3.91. The minimum Gasteiger partial charge on any atom is -0.478 e. The summed E-state index contributed by atoms with van der Waals surface area (Å²) in [6, 6.07) is 0. The minimum atomic E-state index is -0.966. The van der Waals surface area contributed by atoms with Crippen molar-refractivity contribution in [1.29, 1.82) is 0 Å². The standard InChI is InChI=1S/C12H19N3O2/c1-3-5-6-15(4-2)8-11-10(12(16)17)7-13-9-14-11/h7,9H,3-6,8H2,1-2H3,(H,16,17). The van der Waals surface area contributed by atoms with Gasteiger partial charge in [0.2, 0.25) is 0 Å². The summed E-state index contributed by atoms with van der Waals surface area (Å²) in [6.45, 7) is 6.64. The van der Waals surface area contributed by atoms with Gasteiger partial charge in [0.15, 0.2) is 0 Å². The molecule has 0 amide bonds. The number of hydrogen-bond donors (Lipinski definition) is 1. The molecule has 0 spiro atoms. The topological polar surface area (TPSA) is 66.3 Å². The van der Waals surface area contributed by atoms with Crippen molar-refractivity contribution in [3.8, 4) is 0 Å². The number of aromatic nitrogens is 2. The molecule has 17 heavy (non-hydrogen) atoms. The first kappa shape index (κ1) is 13.6. The minimum absolute atomic E-state index is 0.197. The summed E-state index contributed by atoms with van der Waals surface area (Å²) in [4.78, 5) is 21.0. The molecule has 0 saturated heterocycles. The number of rotatable bonds is 7. The van der Waals surface area contributed by atoms with Gasteiger partial charge >= 0.3 is 5.97 Å². The van der Waals surface area contributed by atoms with Crippen LogP contribution >= 0.6 is 0 Å². The van der Waals surface area contributed by atoms with E-state index in [0.717, 1.165) is 25.9 Å². The van der Waals surface area contributed by atoms with Crippen molar-refractivity contribution < 1.29 is 9.90 Å². The van der Waals surface area contributed by atoms with Crippen LogP contribution < -0.4 is 0 Å². The Kier molecular flexibility index (Phi) is 5.56. The third-order valence-corrected chi connectivity index (χ3v) is 2.67. The normalized spacial score (nSPS) is 10.8. The summed E-state index contributed by atoms with van der Waals surface area (Å²) in [5.41, 5.74) is 0.785. The van der Waals surface area contributed by atoms with Gasteiger partial charge in [-0.2, -0.15) is 0 Å². The summed E-state index contributed by atoms with van der Waals surface area (Å²) < 4.78 is 0. The maximum Gasteiger partial charge on any atom is 0.339 e. The Morgan fingerprint density at radius 1 is 1.47 bits per heavy atom. The van der Waals surface area contributed by atoms with E-state index < -0.39 is 5.97 Å². The third kappa shape index (κ3) is 4.11. The van der Waals surface area contributed by atoms with Crippen molar-refractivity contribution >= 4 is 5.97 Å². The van der Waals surface area contributed by atoms with Crippen molar-refractivity contribution in [2.45, 2.75) is 33.2 Å². The number of unbranched alkanes of at least 4 members (excludes halogenated alkanes) is 1. The Bertz CT molecular complexity index is 369.